The van der Waals surface area contributed by atoms with Gasteiger partial charge in [0.2, 0.25) is 5.91 Å². The van der Waals surface area contributed by atoms with Gasteiger partial charge in [-0.25, -0.2) is 0 Å². The van der Waals surface area contributed by atoms with Gasteiger partial charge < -0.3 is 4.90 Å². The molecule has 1 aliphatic heterocycles. The quantitative estimate of drug-likeness (QED) is 0.342. The number of hydrogen-bond donors (Lipinski definition) is 0. The molecular weight excluding hydrogens is 282 g/mol. The Morgan fingerprint density at radius 1 is 0.739 bits per heavy atom. The zero-order valence-corrected chi connectivity index (χ0v) is 16.0. The predicted octanol–water partition coefficient (Wildman–Crippen LogP) is 6.34. The smallest absolute Gasteiger partial charge is 0.222 e. The maximum Gasteiger partial charge on any atom is 0.222 e. The van der Waals surface area contributed by atoms with Crippen molar-refractivity contribution in [1.82, 2.24) is 4.90 Å². The molecule has 0 aromatic rings. The van der Waals surface area contributed by atoms with Crippen LogP contribution < -0.4 is 0 Å². The second-order valence-corrected chi connectivity index (χ2v) is 7.91. The van der Waals surface area contributed by atoms with Crippen LogP contribution in [0.5, 0.6) is 0 Å². The molecule has 0 unspecified atom stereocenters. The Kier molecular flexibility index (Phi) is 12.4. The molecule has 1 aliphatic rings. The molecule has 0 spiro atoms. The highest BCUT2D eigenvalue weighted by Crippen LogP contribution is 2.15. The van der Waals surface area contributed by atoms with Crippen LogP contribution in [0.2, 0.25) is 0 Å². The summed E-state index contributed by atoms with van der Waals surface area (Å²) in [5.41, 5.74) is 0. The summed E-state index contributed by atoms with van der Waals surface area (Å²) in [6, 6.07) is 0. The Morgan fingerprint density at radius 2 is 1.17 bits per heavy atom. The van der Waals surface area contributed by atoms with Crippen molar-refractivity contribution in [1.29, 1.82) is 0 Å². The molecule has 1 saturated heterocycles. The van der Waals surface area contributed by atoms with Crippen LogP contribution in [0.4, 0.5) is 0 Å². The summed E-state index contributed by atoms with van der Waals surface area (Å²) in [4.78, 5) is 13.9. The molecule has 0 bridgehead atoms. The molecule has 1 heterocycles. The molecule has 0 radical (unpaired) electrons. The summed E-state index contributed by atoms with van der Waals surface area (Å²) in [5.74, 6) is 1.28. The molecule has 1 fully saturated rings. The lowest BCUT2D eigenvalue weighted by atomic mass is 10.0. The van der Waals surface area contributed by atoms with Crippen LogP contribution in [-0.2, 0) is 4.79 Å². The highest BCUT2D eigenvalue weighted by Gasteiger charge is 2.16. The zero-order chi connectivity index (χ0) is 16.8. The van der Waals surface area contributed by atoms with Crippen molar-refractivity contribution in [3.05, 3.63) is 0 Å². The van der Waals surface area contributed by atoms with Crippen molar-refractivity contribution in [2.24, 2.45) is 5.92 Å². The molecule has 2 heteroatoms. The fraction of sp³-hybridized carbons (Fsp3) is 0.952. The van der Waals surface area contributed by atoms with Gasteiger partial charge in [-0.15, -0.1) is 0 Å². The van der Waals surface area contributed by atoms with E-state index in [1.54, 1.807) is 0 Å². The number of carbonyl (C=O) groups is 1. The molecule has 2 nitrogen and oxygen atoms in total. The molecular formula is C21H41NO. The van der Waals surface area contributed by atoms with E-state index >= 15 is 0 Å². The number of hydrogen-bond acceptors (Lipinski definition) is 1. The van der Waals surface area contributed by atoms with Crippen LogP contribution in [0.1, 0.15) is 110 Å². The molecule has 136 valence electrons. The third-order valence-electron chi connectivity index (χ3n) is 5.13. The van der Waals surface area contributed by atoms with Gasteiger partial charge in [0, 0.05) is 19.5 Å². The second kappa shape index (κ2) is 13.9. The first-order valence-corrected chi connectivity index (χ1v) is 10.5. The Balaban J connectivity index is 1.74. The van der Waals surface area contributed by atoms with E-state index in [1.807, 2.05) is 0 Å². The molecule has 0 aromatic carbocycles. The Bertz CT molecular complexity index is 282. The van der Waals surface area contributed by atoms with Gasteiger partial charge in [0.05, 0.1) is 0 Å². The molecule has 0 N–H and O–H groups in total. The van der Waals surface area contributed by atoms with Crippen molar-refractivity contribution in [2.45, 2.75) is 110 Å². The topological polar surface area (TPSA) is 20.3 Å². The molecule has 23 heavy (non-hydrogen) atoms. The van der Waals surface area contributed by atoms with Gasteiger partial charge in [-0.2, -0.15) is 0 Å². The summed E-state index contributed by atoms with van der Waals surface area (Å²) in [7, 11) is 0. The Labute approximate surface area is 145 Å². The number of rotatable bonds is 14. The average molecular weight is 324 g/mol. The van der Waals surface area contributed by atoms with E-state index in [-0.39, 0.29) is 0 Å². The van der Waals surface area contributed by atoms with Crippen molar-refractivity contribution in [2.75, 3.05) is 13.1 Å². The van der Waals surface area contributed by atoms with Crippen molar-refractivity contribution < 1.29 is 4.79 Å². The third-order valence-corrected chi connectivity index (χ3v) is 5.13. The Hall–Kier alpha value is -0.530. The highest BCUT2D eigenvalue weighted by atomic mass is 16.2. The molecule has 0 aromatic heterocycles. The normalized spacial score (nSPS) is 14.8. The fourth-order valence-corrected chi connectivity index (χ4v) is 3.54. The molecule has 0 aliphatic carbocycles. The predicted molar refractivity (Wildman–Crippen MR) is 101 cm³/mol. The van der Waals surface area contributed by atoms with Crippen LogP contribution in [0.25, 0.3) is 0 Å². The lowest BCUT2D eigenvalue weighted by molar-refractivity contribution is -0.130. The van der Waals surface area contributed by atoms with Gasteiger partial charge in [0.1, 0.15) is 0 Å². The first-order chi connectivity index (χ1) is 11.2. The van der Waals surface area contributed by atoms with Crippen LogP contribution in [-0.4, -0.2) is 23.9 Å². The zero-order valence-electron chi connectivity index (χ0n) is 16.0. The summed E-state index contributed by atoms with van der Waals surface area (Å²) in [5, 5.41) is 0. The van der Waals surface area contributed by atoms with Gasteiger partial charge in [-0.05, 0) is 25.2 Å². The highest BCUT2D eigenvalue weighted by molar-refractivity contribution is 5.76. The monoisotopic (exact) mass is 323 g/mol. The average Bonchev–Trinajstić information content (AvgIpc) is 3.05. The number of carbonyl (C=O) groups excluding carboxylic acids is 1. The minimum Gasteiger partial charge on any atom is -0.343 e. The van der Waals surface area contributed by atoms with E-state index in [9.17, 15) is 4.79 Å². The first kappa shape index (κ1) is 20.5. The first-order valence-electron chi connectivity index (χ1n) is 10.5. The van der Waals surface area contributed by atoms with E-state index in [4.69, 9.17) is 0 Å². The molecule has 0 saturated carbocycles. The van der Waals surface area contributed by atoms with Crippen LogP contribution >= 0.6 is 0 Å². The summed E-state index contributed by atoms with van der Waals surface area (Å²) in [6.45, 7) is 6.66. The third kappa shape index (κ3) is 11.6. The lowest BCUT2D eigenvalue weighted by Gasteiger charge is -2.14. The van der Waals surface area contributed by atoms with Gasteiger partial charge in [-0.3, -0.25) is 4.79 Å². The summed E-state index contributed by atoms with van der Waals surface area (Å²) < 4.78 is 0. The van der Waals surface area contributed by atoms with Crippen LogP contribution in [0.15, 0.2) is 0 Å². The van der Waals surface area contributed by atoms with E-state index < -0.39 is 0 Å². The summed E-state index contributed by atoms with van der Waals surface area (Å²) >= 11 is 0. The van der Waals surface area contributed by atoms with Gasteiger partial charge >= 0.3 is 0 Å². The largest absolute Gasteiger partial charge is 0.343 e. The SMILES string of the molecule is CC(C)CCCCCCCCCCCCCC(=O)N1CCCC1. The van der Waals surface area contributed by atoms with Crippen LogP contribution in [0.3, 0.4) is 0 Å². The lowest BCUT2D eigenvalue weighted by Crippen LogP contribution is -2.27. The van der Waals surface area contributed by atoms with Crippen molar-refractivity contribution in [3.63, 3.8) is 0 Å². The standard InChI is InChI=1S/C21H41NO/c1-20(2)16-12-10-8-6-4-3-5-7-9-11-13-17-21(23)22-18-14-15-19-22/h20H,3-19H2,1-2H3. The number of amides is 1. The Morgan fingerprint density at radius 3 is 1.65 bits per heavy atom. The maximum absolute atomic E-state index is 11.9. The molecule has 1 amide bonds. The minimum absolute atomic E-state index is 0.403. The maximum atomic E-state index is 11.9. The fourth-order valence-electron chi connectivity index (χ4n) is 3.54. The minimum atomic E-state index is 0.403. The van der Waals surface area contributed by atoms with Gasteiger partial charge in [-0.1, -0.05) is 84.5 Å². The molecule has 0 atom stereocenters. The number of likely N-dealkylation sites (tertiary alicyclic amines) is 1. The van der Waals surface area contributed by atoms with E-state index in [0.717, 1.165) is 31.8 Å². The van der Waals surface area contributed by atoms with E-state index in [2.05, 4.69) is 18.7 Å². The van der Waals surface area contributed by atoms with E-state index in [0.29, 0.717) is 5.91 Å². The van der Waals surface area contributed by atoms with E-state index in [1.165, 1.54) is 83.5 Å². The number of unbranched alkanes of at least 4 members (excludes halogenated alkanes) is 10. The molecule has 1 rings (SSSR count). The summed E-state index contributed by atoms with van der Waals surface area (Å²) in [6.07, 6.45) is 19.6. The van der Waals surface area contributed by atoms with Crippen molar-refractivity contribution in [3.8, 4) is 0 Å². The van der Waals surface area contributed by atoms with Gasteiger partial charge in [0.25, 0.3) is 0 Å². The van der Waals surface area contributed by atoms with Crippen molar-refractivity contribution >= 4 is 5.91 Å². The van der Waals surface area contributed by atoms with Crippen LogP contribution in [0, 0.1) is 5.92 Å². The number of nitrogens with zero attached hydrogens (tertiary/aromatic N) is 1. The van der Waals surface area contributed by atoms with Gasteiger partial charge in [0.15, 0.2) is 0 Å². The second-order valence-electron chi connectivity index (χ2n) is 7.91.